The van der Waals surface area contributed by atoms with E-state index in [2.05, 4.69) is 5.32 Å². The summed E-state index contributed by atoms with van der Waals surface area (Å²) < 4.78 is 27.8. The summed E-state index contributed by atoms with van der Waals surface area (Å²) >= 11 is 0. The number of rotatable bonds is 8. The number of sulfone groups is 1. The van der Waals surface area contributed by atoms with E-state index in [1.807, 2.05) is 38.1 Å². The number of aryl methyl sites for hydroxylation is 1. The second-order valence-corrected chi connectivity index (χ2v) is 7.72. The number of nitrogens with one attached hydrogen (secondary N) is 1. The SMILES string of the molecule is Cc1ccccc1OC(C)CNC(=O)C(N)CCS(C)(=O)=O. The van der Waals surface area contributed by atoms with Crippen LogP contribution in [0.4, 0.5) is 0 Å². The van der Waals surface area contributed by atoms with Crippen LogP contribution in [0.15, 0.2) is 24.3 Å². The fourth-order valence-corrected chi connectivity index (χ4v) is 2.48. The van der Waals surface area contributed by atoms with Crippen molar-refractivity contribution >= 4 is 15.7 Å². The van der Waals surface area contributed by atoms with Crippen molar-refractivity contribution in [3.63, 3.8) is 0 Å². The Bertz CT molecular complexity index is 601. The molecule has 0 bridgehead atoms. The van der Waals surface area contributed by atoms with Gasteiger partial charge in [-0.1, -0.05) is 18.2 Å². The van der Waals surface area contributed by atoms with Crippen LogP contribution in [0, 0.1) is 6.92 Å². The predicted octanol–water partition coefficient (Wildman–Crippen LogP) is 0.641. The monoisotopic (exact) mass is 328 g/mol. The molecule has 0 aromatic heterocycles. The first-order chi connectivity index (χ1) is 10.2. The molecule has 1 rings (SSSR count). The molecule has 0 saturated heterocycles. The Balaban J connectivity index is 2.38. The Labute approximate surface area is 132 Å². The quantitative estimate of drug-likeness (QED) is 0.730. The molecule has 0 radical (unpaired) electrons. The average molecular weight is 328 g/mol. The summed E-state index contributed by atoms with van der Waals surface area (Å²) in [7, 11) is -3.11. The molecule has 1 aromatic carbocycles. The third kappa shape index (κ3) is 6.91. The first-order valence-corrected chi connectivity index (χ1v) is 9.18. The van der Waals surface area contributed by atoms with E-state index in [1.165, 1.54) is 0 Å². The normalized spacial score (nSPS) is 14.2. The average Bonchev–Trinajstić information content (AvgIpc) is 2.44. The first-order valence-electron chi connectivity index (χ1n) is 7.12. The van der Waals surface area contributed by atoms with Gasteiger partial charge in [0.05, 0.1) is 18.3 Å². The van der Waals surface area contributed by atoms with Gasteiger partial charge in [0.1, 0.15) is 21.7 Å². The van der Waals surface area contributed by atoms with Gasteiger partial charge < -0.3 is 15.8 Å². The maximum absolute atomic E-state index is 11.8. The molecule has 1 amide bonds. The molecule has 2 atom stereocenters. The molecule has 2 unspecified atom stereocenters. The van der Waals surface area contributed by atoms with Gasteiger partial charge in [-0.15, -0.1) is 0 Å². The van der Waals surface area contributed by atoms with E-state index in [0.717, 1.165) is 17.6 Å². The van der Waals surface area contributed by atoms with Crippen molar-refractivity contribution in [1.82, 2.24) is 5.32 Å². The first kappa shape index (κ1) is 18.4. The smallest absolute Gasteiger partial charge is 0.237 e. The summed E-state index contributed by atoms with van der Waals surface area (Å²) in [4.78, 5) is 11.8. The Morgan fingerprint density at radius 1 is 1.36 bits per heavy atom. The zero-order valence-electron chi connectivity index (χ0n) is 13.2. The van der Waals surface area contributed by atoms with Gasteiger partial charge in [0.2, 0.25) is 5.91 Å². The van der Waals surface area contributed by atoms with Gasteiger partial charge in [-0.2, -0.15) is 0 Å². The molecule has 0 aliphatic rings. The lowest BCUT2D eigenvalue weighted by molar-refractivity contribution is -0.122. The number of hydrogen-bond acceptors (Lipinski definition) is 5. The largest absolute Gasteiger partial charge is 0.489 e. The second-order valence-electron chi connectivity index (χ2n) is 5.46. The van der Waals surface area contributed by atoms with Gasteiger partial charge in [0, 0.05) is 6.26 Å². The van der Waals surface area contributed by atoms with E-state index in [4.69, 9.17) is 10.5 Å². The second kappa shape index (κ2) is 8.14. The van der Waals surface area contributed by atoms with Crippen LogP contribution < -0.4 is 15.8 Å². The number of amides is 1. The summed E-state index contributed by atoms with van der Waals surface area (Å²) in [5, 5.41) is 2.67. The number of ether oxygens (including phenoxy) is 1. The minimum Gasteiger partial charge on any atom is -0.489 e. The Kier molecular flexibility index (Phi) is 6.83. The molecule has 0 aliphatic carbocycles. The van der Waals surface area contributed by atoms with Crippen molar-refractivity contribution in [2.75, 3.05) is 18.6 Å². The molecule has 3 N–H and O–H groups in total. The highest BCUT2D eigenvalue weighted by Gasteiger charge is 2.17. The fourth-order valence-electron chi connectivity index (χ4n) is 1.79. The van der Waals surface area contributed by atoms with E-state index in [0.29, 0.717) is 6.54 Å². The number of hydrogen-bond donors (Lipinski definition) is 2. The number of para-hydroxylation sites is 1. The van der Waals surface area contributed by atoms with E-state index in [9.17, 15) is 13.2 Å². The standard InChI is InChI=1S/C15H24N2O4S/c1-11-6-4-5-7-14(11)21-12(2)10-17-15(18)13(16)8-9-22(3,19)20/h4-7,12-13H,8-10,16H2,1-3H3,(H,17,18). The van der Waals surface area contributed by atoms with Crippen molar-refractivity contribution < 1.29 is 17.9 Å². The number of carbonyl (C=O) groups is 1. The van der Waals surface area contributed by atoms with Crippen LogP contribution in [0.5, 0.6) is 5.75 Å². The molecule has 0 saturated carbocycles. The van der Waals surface area contributed by atoms with E-state index in [-0.39, 0.29) is 24.2 Å². The Morgan fingerprint density at radius 2 is 2.00 bits per heavy atom. The van der Waals surface area contributed by atoms with Crippen LogP contribution in [-0.2, 0) is 14.6 Å². The van der Waals surface area contributed by atoms with Crippen molar-refractivity contribution in [2.24, 2.45) is 5.73 Å². The van der Waals surface area contributed by atoms with Crippen LogP contribution >= 0.6 is 0 Å². The van der Waals surface area contributed by atoms with Gasteiger partial charge in [-0.25, -0.2) is 8.42 Å². The molecule has 7 heteroatoms. The lowest BCUT2D eigenvalue weighted by atomic mass is 10.2. The van der Waals surface area contributed by atoms with E-state index < -0.39 is 15.9 Å². The molecular formula is C15H24N2O4S. The van der Waals surface area contributed by atoms with Crippen molar-refractivity contribution in [2.45, 2.75) is 32.4 Å². The van der Waals surface area contributed by atoms with Crippen molar-refractivity contribution in [1.29, 1.82) is 0 Å². The number of benzene rings is 1. The van der Waals surface area contributed by atoms with Gasteiger partial charge in [0.25, 0.3) is 0 Å². The van der Waals surface area contributed by atoms with Crippen LogP contribution in [0.2, 0.25) is 0 Å². The molecule has 0 aliphatic heterocycles. The van der Waals surface area contributed by atoms with Crippen LogP contribution in [0.3, 0.4) is 0 Å². The minimum atomic E-state index is -3.11. The van der Waals surface area contributed by atoms with E-state index in [1.54, 1.807) is 0 Å². The maximum Gasteiger partial charge on any atom is 0.237 e. The zero-order chi connectivity index (χ0) is 16.8. The molecular weight excluding hydrogens is 304 g/mol. The molecule has 124 valence electrons. The van der Waals surface area contributed by atoms with Gasteiger partial charge in [-0.3, -0.25) is 4.79 Å². The van der Waals surface area contributed by atoms with Crippen LogP contribution in [0.25, 0.3) is 0 Å². The third-order valence-corrected chi connectivity index (χ3v) is 4.10. The molecule has 0 fully saturated rings. The van der Waals surface area contributed by atoms with Gasteiger partial charge >= 0.3 is 0 Å². The van der Waals surface area contributed by atoms with Gasteiger partial charge in [-0.05, 0) is 31.9 Å². The molecule has 0 heterocycles. The lowest BCUT2D eigenvalue weighted by Crippen LogP contribution is -2.44. The highest BCUT2D eigenvalue weighted by atomic mass is 32.2. The third-order valence-electron chi connectivity index (χ3n) is 3.12. The highest BCUT2D eigenvalue weighted by molar-refractivity contribution is 7.90. The molecule has 0 spiro atoms. The lowest BCUT2D eigenvalue weighted by Gasteiger charge is -2.18. The topological polar surface area (TPSA) is 98.5 Å². The fraction of sp³-hybridized carbons (Fsp3) is 0.533. The van der Waals surface area contributed by atoms with Crippen LogP contribution in [-0.4, -0.2) is 45.0 Å². The number of nitrogens with two attached hydrogens (primary N) is 1. The summed E-state index contributed by atoms with van der Waals surface area (Å²) in [5.41, 5.74) is 6.69. The number of carbonyl (C=O) groups excluding carboxylic acids is 1. The Hall–Kier alpha value is -1.60. The van der Waals surface area contributed by atoms with Crippen molar-refractivity contribution in [3.05, 3.63) is 29.8 Å². The van der Waals surface area contributed by atoms with Crippen molar-refractivity contribution in [3.8, 4) is 5.75 Å². The molecule has 22 heavy (non-hydrogen) atoms. The zero-order valence-corrected chi connectivity index (χ0v) is 14.0. The molecule has 6 nitrogen and oxygen atoms in total. The summed E-state index contributed by atoms with van der Waals surface area (Å²) in [6, 6.07) is 6.79. The highest BCUT2D eigenvalue weighted by Crippen LogP contribution is 2.17. The maximum atomic E-state index is 11.8. The summed E-state index contributed by atoms with van der Waals surface area (Å²) in [5.74, 6) is 0.297. The van der Waals surface area contributed by atoms with Crippen LogP contribution in [0.1, 0.15) is 18.9 Å². The minimum absolute atomic E-state index is 0.100. The molecule has 1 aromatic rings. The Morgan fingerprint density at radius 3 is 2.59 bits per heavy atom. The summed E-state index contributed by atoms with van der Waals surface area (Å²) in [6.07, 6.45) is 1.01. The van der Waals surface area contributed by atoms with E-state index >= 15 is 0 Å². The summed E-state index contributed by atoms with van der Waals surface area (Å²) in [6.45, 7) is 4.09. The van der Waals surface area contributed by atoms with Gasteiger partial charge in [0.15, 0.2) is 0 Å². The predicted molar refractivity (Wildman–Crippen MR) is 86.6 cm³/mol.